The highest BCUT2D eigenvalue weighted by molar-refractivity contribution is 7.85. The molecule has 0 spiro atoms. The van der Waals surface area contributed by atoms with Gasteiger partial charge in [0.05, 0.1) is 9.92 Å². The minimum absolute atomic E-state index is 0. The summed E-state index contributed by atoms with van der Waals surface area (Å²) < 4.78 is 31.5. The molecule has 0 radical (unpaired) electrons. The van der Waals surface area contributed by atoms with E-state index in [9.17, 15) is 17.8 Å². The molecule has 6 heteroatoms. The van der Waals surface area contributed by atoms with E-state index < -0.39 is 15.0 Å². The lowest BCUT2D eigenvalue weighted by Gasteiger charge is -2.07. The van der Waals surface area contributed by atoms with Crippen LogP contribution in [0.2, 0.25) is 5.02 Å². The molecule has 78 valence electrons. The molecular formula is C8H8ClO4S-. The predicted octanol–water partition coefficient (Wildman–Crippen LogP) is 1.69. The zero-order valence-electron chi connectivity index (χ0n) is 6.23. The molecule has 1 aromatic rings. The third-order valence-corrected chi connectivity index (χ3v) is 2.56. The fourth-order valence-corrected chi connectivity index (χ4v) is 1.44. The van der Waals surface area contributed by atoms with Crippen molar-refractivity contribution in [3.8, 4) is 0 Å². The summed E-state index contributed by atoms with van der Waals surface area (Å²) in [5, 5.41) is 0.113. The first kappa shape index (κ1) is 13.1. The molecule has 0 aliphatic rings. The van der Waals surface area contributed by atoms with Crippen molar-refractivity contribution in [2.75, 3.05) is 0 Å². The van der Waals surface area contributed by atoms with E-state index in [1.54, 1.807) is 0 Å². The Morgan fingerprint density at radius 3 is 2.36 bits per heavy atom. The van der Waals surface area contributed by atoms with E-state index in [2.05, 4.69) is 0 Å². The van der Waals surface area contributed by atoms with E-state index in [0.29, 0.717) is 6.29 Å². The second-order valence-electron chi connectivity index (χ2n) is 2.26. The molecule has 0 N–H and O–H groups in total. The van der Waals surface area contributed by atoms with E-state index in [1.807, 2.05) is 0 Å². The molecule has 0 aliphatic carbocycles. The number of hydrogen-bond acceptors (Lipinski definition) is 4. The second kappa shape index (κ2) is 4.54. The van der Waals surface area contributed by atoms with Gasteiger partial charge in [-0.25, -0.2) is 8.42 Å². The quantitative estimate of drug-likeness (QED) is 0.578. The van der Waals surface area contributed by atoms with Crippen molar-refractivity contribution >= 4 is 28.0 Å². The molecular weight excluding hydrogens is 228 g/mol. The van der Waals surface area contributed by atoms with Crippen molar-refractivity contribution in [3.63, 3.8) is 0 Å². The van der Waals surface area contributed by atoms with Gasteiger partial charge >= 0.3 is 0 Å². The maximum Gasteiger partial charge on any atom is 0.151 e. The molecule has 0 heterocycles. The Morgan fingerprint density at radius 2 is 1.93 bits per heavy atom. The van der Waals surface area contributed by atoms with Crippen LogP contribution in [0.15, 0.2) is 23.1 Å². The lowest BCUT2D eigenvalue weighted by Crippen LogP contribution is -1.99. The van der Waals surface area contributed by atoms with Gasteiger partial charge < -0.3 is 4.55 Å². The molecule has 4 nitrogen and oxygen atoms in total. The third-order valence-electron chi connectivity index (χ3n) is 1.38. The number of benzene rings is 1. The third kappa shape index (κ3) is 2.80. The van der Waals surface area contributed by atoms with E-state index in [-0.39, 0.29) is 18.0 Å². The van der Waals surface area contributed by atoms with Crippen molar-refractivity contribution < 1.29 is 17.8 Å². The lowest BCUT2D eigenvalue weighted by atomic mass is 10.2. The van der Waals surface area contributed by atoms with Crippen LogP contribution in [-0.4, -0.2) is 19.3 Å². The maximum atomic E-state index is 10.5. The van der Waals surface area contributed by atoms with Gasteiger partial charge in [0.25, 0.3) is 0 Å². The molecule has 1 aromatic carbocycles. The number of hydrogen-bond donors (Lipinski definition) is 0. The molecule has 14 heavy (non-hydrogen) atoms. The molecule has 0 unspecified atom stereocenters. The number of aldehydes is 1. The molecule has 1 rings (SSSR count). The summed E-state index contributed by atoms with van der Waals surface area (Å²) in [6, 6.07) is 3.19. The highest BCUT2D eigenvalue weighted by Gasteiger charge is 2.05. The summed E-state index contributed by atoms with van der Waals surface area (Å²) in [6.45, 7) is 0. The van der Waals surface area contributed by atoms with Crippen LogP contribution in [0.3, 0.4) is 0 Å². The largest absolute Gasteiger partial charge is 0.744 e. The van der Waals surface area contributed by atoms with E-state index in [1.165, 1.54) is 6.07 Å². The lowest BCUT2D eigenvalue weighted by molar-refractivity contribution is 0.112. The van der Waals surface area contributed by atoms with Crippen molar-refractivity contribution in [2.24, 2.45) is 0 Å². The Morgan fingerprint density at radius 1 is 1.36 bits per heavy atom. The van der Waals surface area contributed by atoms with Gasteiger partial charge in [0.15, 0.2) is 6.29 Å². The van der Waals surface area contributed by atoms with Crippen molar-refractivity contribution in [1.29, 1.82) is 0 Å². The number of rotatable bonds is 2. The fraction of sp³-hybridized carbons (Fsp3) is 0.125. The topological polar surface area (TPSA) is 74.3 Å². The van der Waals surface area contributed by atoms with Crippen molar-refractivity contribution in [2.45, 2.75) is 12.3 Å². The van der Waals surface area contributed by atoms with Gasteiger partial charge in [0.1, 0.15) is 10.1 Å². The normalized spacial score (nSPS) is 10.4. The van der Waals surface area contributed by atoms with Gasteiger partial charge in [-0.05, 0) is 18.2 Å². The summed E-state index contributed by atoms with van der Waals surface area (Å²) in [5.74, 6) is 0. The van der Waals surface area contributed by atoms with Crippen LogP contribution in [0.4, 0.5) is 0 Å². The van der Waals surface area contributed by atoms with Crippen LogP contribution in [0.25, 0.3) is 0 Å². The average molecular weight is 236 g/mol. The van der Waals surface area contributed by atoms with Crippen molar-refractivity contribution in [1.82, 2.24) is 0 Å². The molecule has 0 amide bonds. The SMILES string of the molecule is C.O=Cc1cc(S(=O)(=O)[O-])ccc1Cl. The Balaban J connectivity index is 0.00000169. The Kier molecular flexibility index (Phi) is 4.25. The molecule has 0 aromatic heterocycles. The zero-order valence-corrected chi connectivity index (χ0v) is 7.80. The highest BCUT2D eigenvalue weighted by atomic mass is 35.5. The Bertz CT molecular complexity index is 439. The van der Waals surface area contributed by atoms with Gasteiger partial charge in [-0.1, -0.05) is 19.0 Å². The summed E-state index contributed by atoms with van der Waals surface area (Å²) in [4.78, 5) is 9.87. The van der Waals surface area contributed by atoms with Crippen LogP contribution in [0, 0.1) is 0 Å². The van der Waals surface area contributed by atoms with E-state index in [4.69, 9.17) is 11.6 Å². The monoisotopic (exact) mass is 235 g/mol. The van der Waals surface area contributed by atoms with Gasteiger partial charge in [0, 0.05) is 5.56 Å². The standard InChI is InChI=1S/C7H5ClO4S.CH4/c8-7-2-1-6(13(10,11)12)3-5(7)4-9;/h1-4H,(H,10,11,12);1H4/p-1. The summed E-state index contributed by atoms with van der Waals surface area (Å²) >= 11 is 5.52. The number of halogens is 1. The van der Waals surface area contributed by atoms with Crippen molar-refractivity contribution in [3.05, 3.63) is 28.8 Å². The molecule has 0 saturated heterocycles. The first-order valence-corrected chi connectivity index (χ1v) is 4.94. The Labute approximate surface area is 87.3 Å². The van der Waals surface area contributed by atoms with Gasteiger partial charge in [-0.2, -0.15) is 0 Å². The second-order valence-corrected chi connectivity index (χ2v) is 4.04. The molecule has 0 atom stereocenters. The number of carbonyl (C=O) groups is 1. The minimum Gasteiger partial charge on any atom is -0.744 e. The highest BCUT2D eigenvalue weighted by Crippen LogP contribution is 2.18. The smallest absolute Gasteiger partial charge is 0.151 e. The van der Waals surface area contributed by atoms with Gasteiger partial charge in [-0.3, -0.25) is 4.79 Å². The van der Waals surface area contributed by atoms with E-state index >= 15 is 0 Å². The zero-order chi connectivity index (χ0) is 10.1. The predicted molar refractivity (Wildman–Crippen MR) is 51.5 cm³/mol. The van der Waals surface area contributed by atoms with Gasteiger partial charge in [-0.15, -0.1) is 0 Å². The minimum atomic E-state index is -4.52. The fourth-order valence-electron chi connectivity index (χ4n) is 0.768. The Hall–Kier alpha value is -0.910. The number of carbonyl (C=O) groups excluding carboxylic acids is 1. The van der Waals surface area contributed by atoms with Crippen LogP contribution >= 0.6 is 11.6 Å². The van der Waals surface area contributed by atoms with Crippen LogP contribution in [-0.2, 0) is 10.1 Å². The molecule has 0 fully saturated rings. The summed E-state index contributed by atoms with van der Waals surface area (Å²) in [7, 11) is -4.52. The van der Waals surface area contributed by atoms with Crippen LogP contribution < -0.4 is 0 Å². The first-order chi connectivity index (χ1) is 5.95. The van der Waals surface area contributed by atoms with Crippen LogP contribution in [0.5, 0.6) is 0 Å². The molecule has 0 aliphatic heterocycles. The van der Waals surface area contributed by atoms with Gasteiger partial charge in [0.2, 0.25) is 0 Å². The van der Waals surface area contributed by atoms with Crippen LogP contribution in [0.1, 0.15) is 17.8 Å². The maximum absolute atomic E-state index is 10.5. The molecule has 0 saturated carbocycles. The summed E-state index contributed by atoms with van der Waals surface area (Å²) in [6.07, 6.45) is 0.386. The van der Waals surface area contributed by atoms with E-state index in [0.717, 1.165) is 12.1 Å². The summed E-state index contributed by atoms with van der Waals surface area (Å²) in [5.41, 5.74) is -0.0152. The average Bonchev–Trinajstić information content (AvgIpc) is 2.03. The molecule has 0 bridgehead atoms. The first-order valence-electron chi connectivity index (χ1n) is 3.16.